The summed E-state index contributed by atoms with van der Waals surface area (Å²) in [6, 6.07) is 0.444. The van der Waals surface area contributed by atoms with E-state index in [0.717, 1.165) is 12.3 Å². The SMILES string of the molecule is C[C@H](NC(=O)c1ccc(C(F)(F)F)nc1)C(=O)O. The molecule has 18 heavy (non-hydrogen) atoms. The normalized spacial score (nSPS) is 12.9. The molecule has 0 aliphatic heterocycles. The zero-order valence-corrected chi connectivity index (χ0v) is 9.15. The molecule has 5 nitrogen and oxygen atoms in total. The third-order valence-electron chi connectivity index (χ3n) is 2.03. The summed E-state index contributed by atoms with van der Waals surface area (Å²) < 4.78 is 36.6. The van der Waals surface area contributed by atoms with Crippen molar-refractivity contribution in [1.29, 1.82) is 0 Å². The predicted octanol–water partition coefficient (Wildman–Crippen LogP) is 1.30. The van der Waals surface area contributed by atoms with Crippen LogP contribution in [0.25, 0.3) is 0 Å². The Kier molecular flexibility index (Phi) is 3.89. The lowest BCUT2D eigenvalue weighted by atomic mass is 10.2. The molecule has 0 aliphatic rings. The zero-order chi connectivity index (χ0) is 13.9. The minimum atomic E-state index is -4.58. The van der Waals surface area contributed by atoms with Gasteiger partial charge in [-0.1, -0.05) is 0 Å². The maximum Gasteiger partial charge on any atom is 0.433 e. The highest BCUT2D eigenvalue weighted by Gasteiger charge is 2.32. The second kappa shape index (κ2) is 5.03. The summed E-state index contributed by atoms with van der Waals surface area (Å²) in [4.78, 5) is 25.0. The summed E-state index contributed by atoms with van der Waals surface area (Å²) >= 11 is 0. The highest BCUT2D eigenvalue weighted by Crippen LogP contribution is 2.27. The van der Waals surface area contributed by atoms with Crippen LogP contribution in [-0.2, 0) is 11.0 Å². The fourth-order valence-corrected chi connectivity index (χ4v) is 1.04. The van der Waals surface area contributed by atoms with Crippen molar-refractivity contribution in [3.05, 3.63) is 29.6 Å². The number of alkyl halides is 3. The van der Waals surface area contributed by atoms with Crippen molar-refractivity contribution in [3.63, 3.8) is 0 Å². The summed E-state index contributed by atoms with van der Waals surface area (Å²) in [6.07, 6.45) is -3.84. The number of amides is 1. The standard InChI is InChI=1S/C10H9F3N2O3/c1-5(9(17)18)15-8(16)6-2-3-7(14-4-6)10(11,12)13/h2-5H,1H3,(H,15,16)(H,17,18)/t5-/m0/s1. The minimum Gasteiger partial charge on any atom is -0.480 e. The van der Waals surface area contributed by atoms with E-state index in [-0.39, 0.29) is 5.56 Å². The third-order valence-corrected chi connectivity index (χ3v) is 2.03. The molecule has 0 radical (unpaired) electrons. The van der Waals surface area contributed by atoms with Gasteiger partial charge in [-0.2, -0.15) is 13.2 Å². The smallest absolute Gasteiger partial charge is 0.433 e. The van der Waals surface area contributed by atoms with Crippen LogP contribution in [0.5, 0.6) is 0 Å². The first-order valence-corrected chi connectivity index (χ1v) is 4.78. The van der Waals surface area contributed by atoms with E-state index >= 15 is 0 Å². The van der Waals surface area contributed by atoms with Crippen molar-refractivity contribution >= 4 is 11.9 Å². The van der Waals surface area contributed by atoms with Gasteiger partial charge in [0.2, 0.25) is 0 Å². The predicted molar refractivity (Wildman–Crippen MR) is 53.8 cm³/mol. The van der Waals surface area contributed by atoms with Crippen molar-refractivity contribution in [2.75, 3.05) is 0 Å². The fourth-order valence-electron chi connectivity index (χ4n) is 1.04. The van der Waals surface area contributed by atoms with Crippen LogP contribution in [0.4, 0.5) is 13.2 Å². The largest absolute Gasteiger partial charge is 0.480 e. The highest BCUT2D eigenvalue weighted by atomic mass is 19.4. The molecule has 0 aliphatic carbocycles. The zero-order valence-electron chi connectivity index (χ0n) is 9.15. The molecule has 0 bridgehead atoms. The summed E-state index contributed by atoms with van der Waals surface area (Å²) in [5.74, 6) is -2.05. The number of nitrogens with one attached hydrogen (secondary N) is 1. The summed E-state index contributed by atoms with van der Waals surface area (Å²) in [7, 11) is 0. The van der Waals surface area contributed by atoms with Crippen molar-refractivity contribution < 1.29 is 27.9 Å². The number of carbonyl (C=O) groups excluding carboxylic acids is 1. The summed E-state index contributed by atoms with van der Waals surface area (Å²) in [5.41, 5.74) is -1.26. The van der Waals surface area contributed by atoms with Gasteiger partial charge in [-0.05, 0) is 19.1 Å². The van der Waals surface area contributed by atoms with Gasteiger partial charge in [-0.3, -0.25) is 14.6 Å². The Morgan fingerprint density at radius 2 is 2.00 bits per heavy atom. The number of pyridine rings is 1. The van der Waals surface area contributed by atoms with Gasteiger partial charge in [0.15, 0.2) is 0 Å². The molecule has 8 heteroatoms. The molecule has 1 heterocycles. The first kappa shape index (κ1) is 13.9. The number of carboxylic acids is 1. The average molecular weight is 262 g/mol. The molecule has 1 atom stereocenters. The molecule has 0 aromatic carbocycles. The lowest BCUT2D eigenvalue weighted by Crippen LogP contribution is -2.38. The first-order valence-electron chi connectivity index (χ1n) is 4.78. The van der Waals surface area contributed by atoms with E-state index in [0.29, 0.717) is 6.07 Å². The van der Waals surface area contributed by atoms with Crippen LogP contribution in [0.1, 0.15) is 23.0 Å². The van der Waals surface area contributed by atoms with Gasteiger partial charge in [0, 0.05) is 6.20 Å². The van der Waals surface area contributed by atoms with Crippen LogP contribution in [0, 0.1) is 0 Å². The molecule has 1 aromatic heterocycles. The Balaban J connectivity index is 2.80. The molecule has 0 saturated carbocycles. The van der Waals surface area contributed by atoms with Crippen molar-refractivity contribution in [1.82, 2.24) is 10.3 Å². The first-order chi connectivity index (χ1) is 8.21. The molecular weight excluding hydrogens is 253 g/mol. The van der Waals surface area contributed by atoms with Crippen LogP contribution in [0.2, 0.25) is 0 Å². The Labute approximate surface area is 99.6 Å². The van der Waals surface area contributed by atoms with Crippen molar-refractivity contribution in [2.45, 2.75) is 19.1 Å². The molecule has 98 valence electrons. The van der Waals surface area contributed by atoms with E-state index in [1.54, 1.807) is 0 Å². The number of aliphatic carboxylic acids is 1. The van der Waals surface area contributed by atoms with Gasteiger partial charge in [-0.15, -0.1) is 0 Å². The van der Waals surface area contributed by atoms with Gasteiger partial charge < -0.3 is 10.4 Å². The van der Waals surface area contributed by atoms with Gasteiger partial charge in [0.25, 0.3) is 5.91 Å². The Hall–Kier alpha value is -2.12. The van der Waals surface area contributed by atoms with E-state index in [9.17, 15) is 22.8 Å². The number of carbonyl (C=O) groups is 2. The molecule has 0 unspecified atom stereocenters. The Morgan fingerprint density at radius 3 is 2.39 bits per heavy atom. The number of nitrogens with zero attached hydrogens (tertiary/aromatic N) is 1. The molecular formula is C10H9F3N2O3. The summed E-state index contributed by atoms with van der Waals surface area (Å²) in [5, 5.41) is 10.6. The monoisotopic (exact) mass is 262 g/mol. The van der Waals surface area contributed by atoms with Crippen molar-refractivity contribution in [3.8, 4) is 0 Å². The van der Waals surface area contributed by atoms with E-state index in [2.05, 4.69) is 10.3 Å². The maximum atomic E-state index is 12.2. The fraction of sp³-hybridized carbons (Fsp3) is 0.300. The maximum absolute atomic E-state index is 12.2. The Morgan fingerprint density at radius 1 is 1.39 bits per heavy atom. The molecule has 1 amide bonds. The average Bonchev–Trinajstić information content (AvgIpc) is 2.27. The number of hydrogen-bond donors (Lipinski definition) is 2. The molecule has 1 rings (SSSR count). The van der Waals surface area contributed by atoms with Crippen LogP contribution in [-0.4, -0.2) is 28.0 Å². The minimum absolute atomic E-state index is 0.142. The highest BCUT2D eigenvalue weighted by molar-refractivity contribution is 5.96. The molecule has 1 aromatic rings. The summed E-state index contributed by atoms with van der Waals surface area (Å²) in [6.45, 7) is 1.23. The van der Waals surface area contributed by atoms with Gasteiger partial charge in [0.1, 0.15) is 11.7 Å². The molecule has 0 fully saturated rings. The number of carboxylic acid groups (broad SMARTS) is 1. The molecule has 0 saturated heterocycles. The number of halogens is 3. The van der Waals surface area contributed by atoms with Crippen molar-refractivity contribution in [2.24, 2.45) is 0 Å². The van der Waals surface area contributed by atoms with E-state index in [4.69, 9.17) is 5.11 Å². The number of aromatic nitrogens is 1. The van der Waals surface area contributed by atoms with Crippen LogP contribution < -0.4 is 5.32 Å². The van der Waals surface area contributed by atoms with Crippen LogP contribution in [0.3, 0.4) is 0 Å². The lowest BCUT2D eigenvalue weighted by molar-refractivity contribution is -0.141. The van der Waals surface area contributed by atoms with Crippen LogP contribution in [0.15, 0.2) is 18.3 Å². The van der Waals surface area contributed by atoms with Gasteiger partial charge in [0.05, 0.1) is 5.56 Å². The van der Waals surface area contributed by atoms with E-state index in [1.807, 2.05) is 0 Å². The number of hydrogen-bond acceptors (Lipinski definition) is 3. The lowest BCUT2D eigenvalue weighted by Gasteiger charge is -2.10. The van der Waals surface area contributed by atoms with Crippen LogP contribution >= 0.6 is 0 Å². The van der Waals surface area contributed by atoms with Gasteiger partial charge in [-0.25, -0.2) is 0 Å². The third kappa shape index (κ3) is 3.44. The van der Waals surface area contributed by atoms with E-state index in [1.165, 1.54) is 6.92 Å². The van der Waals surface area contributed by atoms with Gasteiger partial charge >= 0.3 is 12.1 Å². The molecule has 0 spiro atoms. The topological polar surface area (TPSA) is 79.3 Å². The molecule has 2 N–H and O–H groups in total. The Bertz CT molecular complexity index is 456. The quantitative estimate of drug-likeness (QED) is 0.860. The second-order valence-corrected chi connectivity index (χ2v) is 3.46. The number of rotatable bonds is 3. The second-order valence-electron chi connectivity index (χ2n) is 3.46. The van der Waals surface area contributed by atoms with E-state index < -0.39 is 29.8 Å².